The number of aliphatic hydroxyl groups excluding tert-OH is 4. The molecule has 474 valence electrons. The van der Waals surface area contributed by atoms with Gasteiger partial charge in [0.1, 0.15) is 12.2 Å². The quantitative estimate of drug-likeness (QED) is 0.0155. The molecule has 2 rings (SSSR count). The van der Waals surface area contributed by atoms with Gasteiger partial charge in [0.25, 0.3) is 0 Å². The van der Waals surface area contributed by atoms with Crippen molar-refractivity contribution < 1.29 is 112 Å². The van der Waals surface area contributed by atoms with Crippen molar-refractivity contribution in [3.8, 4) is 0 Å². The summed E-state index contributed by atoms with van der Waals surface area (Å²) in [6, 6.07) is -5.15. The highest BCUT2D eigenvalue weighted by Crippen LogP contribution is 2.29. The number of nitrogens with zero attached hydrogens (tertiary/aromatic N) is 5. The number of carbonyl (C=O) groups is 7. The van der Waals surface area contributed by atoms with Crippen molar-refractivity contribution in [1.82, 2.24) is 25.3 Å². The van der Waals surface area contributed by atoms with Gasteiger partial charge in [-0.25, -0.2) is 29.2 Å². The van der Waals surface area contributed by atoms with Gasteiger partial charge in [-0.1, -0.05) is 0 Å². The molecule has 0 saturated carbocycles. The molecule has 2 heterocycles. The van der Waals surface area contributed by atoms with Crippen LogP contribution in [0.2, 0.25) is 0 Å². The lowest BCUT2D eigenvalue weighted by molar-refractivity contribution is -0.148. The largest absolute Gasteiger partial charge is 0.477 e. The number of hydrogen-bond acceptors (Lipinski definition) is 23. The number of carboxylic acids is 2. The fraction of sp³-hybridized carbons (Fsp3) is 0.735. The first-order valence-electron chi connectivity index (χ1n) is 26.7. The molecule has 34 nitrogen and oxygen atoms in total. The molecule has 0 radical (unpaired) electrons. The standard InChI is InChI=1S/C49H85N11O23/c1-6-58(48(72)82-40(33(65)27-61)42-38(54-29(4)63)31(56-46(50)51)25-35(80-42)44(68)69)10-15-76-17-12-60(37(67)9-14-75-21-22-79-24-23-78-20-19-74-8-3)13-18-77-16-11-59(7-2)49(73)83-41(34(66)28-62)43-39(55-30(5)64)32(57-47(52)53)26-36(81-43)45(70)71/h25-26,31-34,38-43,61-62,65-66H,6-24,27-28H2,1-5H3,(H,54,63)(H,55,64)(H,68,69)(H,70,71)(H4,50,51,56)(H4,52,53,57)/t31-,32-,33+,34+,38+,39+,40+,41+,42+,43+/m0/s1. The van der Waals surface area contributed by atoms with Gasteiger partial charge in [-0.3, -0.25) is 14.4 Å². The Balaban J connectivity index is 2.16. The summed E-state index contributed by atoms with van der Waals surface area (Å²) in [6.45, 7) is 7.54. The molecule has 34 heteroatoms. The number of ether oxygens (including phenoxy) is 10. The van der Waals surface area contributed by atoms with E-state index in [0.29, 0.717) is 33.0 Å². The fourth-order valence-electron chi connectivity index (χ4n) is 8.06. The number of aliphatic imine (C=N–C) groups is 2. The van der Waals surface area contributed by atoms with Gasteiger partial charge in [0.05, 0.1) is 116 Å². The highest BCUT2D eigenvalue weighted by Gasteiger charge is 2.48. The van der Waals surface area contributed by atoms with Crippen LogP contribution in [0.25, 0.3) is 0 Å². The molecule has 0 fully saturated rings. The van der Waals surface area contributed by atoms with E-state index in [1.165, 1.54) is 4.90 Å². The Morgan fingerprint density at radius 1 is 0.554 bits per heavy atom. The highest BCUT2D eigenvalue weighted by molar-refractivity contribution is 5.86. The Hall–Kier alpha value is -6.89. The molecule has 5 amide bonds. The monoisotopic (exact) mass is 1200 g/mol. The zero-order chi connectivity index (χ0) is 62.0. The van der Waals surface area contributed by atoms with Gasteiger partial charge in [0.2, 0.25) is 29.2 Å². The maximum atomic E-state index is 13.6. The third-order valence-corrected chi connectivity index (χ3v) is 12.1. The smallest absolute Gasteiger partial charge is 0.410 e. The first-order chi connectivity index (χ1) is 39.5. The van der Waals surface area contributed by atoms with Crippen LogP contribution in [0.5, 0.6) is 0 Å². The normalized spacial score (nSPS) is 19.8. The summed E-state index contributed by atoms with van der Waals surface area (Å²) in [5.41, 5.74) is 22.3. The molecule has 2 aliphatic heterocycles. The SMILES string of the molecule is CCOCCOCCOCCOCCC(=O)N(CCOCCN(CC)C(=O)O[C@@H]([C@@H]1OC(C(=O)O)=C[C@H](N=C(N)N)[C@H]1NC(C)=O)[C@H](O)CO)CCOCCN(CC)C(=O)O[C@@H]([C@@H]1OC(C(=O)O)=C[C@H](N=C(N)N)[C@H]1NC(C)=O)[C@H](O)CO. The van der Waals surface area contributed by atoms with Crippen LogP contribution in [0.1, 0.15) is 41.0 Å². The van der Waals surface area contributed by atoms with Crippen LogP contribution < -0.4 is 33.6 Å². The summed E-state index contributed by atoms with van der Waals surface area (Å²) in [4.78, 5) is 101. The lowest BCUT2D eigenvalue weighted by Crippen LogP contribution is -2.61. The van der Waals surface area contributed by atoms with Crippen molar-refractivity contribution in [2.24, 2.45) is 32.9 Å². The van der Waals surface area contributed by atoms with E-state index in [-0.39, 0.29) is 97.8 Å². The first kappa shape index (κ1) is 72.2. The molecule has 0 aromatic carbocycles. The van der Waals surface area contributed by atoms with E-state index < -0.39 is 133 Å². The van der Waals surface area contributed by atoms with E-state index >= 15 is 0 Å². The number of guanidine groups is 2. The molecule has 0 aromatic rings. The molecule has 0 aromatic heterocycles. The van der Waals surface area contributed by atoms with Crippen LogP contribution in [-0.2, 0) is 71.3 Å². The van der Waals surface area contributed by atoms with Gasteiger partial charge in [-0.05, 0) is 32.9 Å². The van der Waals surface area contributed by atoms with Crippen LogP contribution in [0.3, 0.4) is 0 Å². The maximum absolute atomic E-state index is 13.6. The summed E-state index contributed by atoms with van der Waals surface area (Å²) < 4.78 is 55.9. The molecule has 0 aliphatic carbocycles. The lowest BCUT2D eigenvalue weighted by atomic mass is 9.92. The number of rotatable bonds is 41. The van der Waals surface area contributed by atoms with Crippen molar-refractivity contribution in [2.45, 2.75) is 102 Å². The number of hydrogen-bond donors (Lipinski definition) is 12. The molecule has 83 heavy (non-hydrogen) atoms. The molecule has 10 atom stereocenters. The summed E-state index contributed by atoms with van der Waals surface area (Å²) in [7, 11) is 0. The van der Waals surface area contributed by atoms with Gasteiger partial charge in [0, 0.05) is 59.7 Å². The summed E-state index contributed by atoms with van der Waals surface area (Å²) in [5.74, 6) is -7.14. The van der Waals surface area contributed by atoms with Crippen molar-refractivity contribution in [1.29, 1.82) is 0 Å². The van der Waals surface area contributed by atoms with Crippen molar-refractivity contribution in [2.75, 3.05) is 132 Å². The zero-order valence-electron chi connectivity index (χ0n) is 47.4. The number of carboxylic acid groups (broad SMARTS) is 2. The molecular formula is C49H85N11O23. The Kier molecular flexibility index (Phi) is 34.4. The summed E-state index contributed by atoms with van der Waals surface area (Å²) >= 11 is 0. The Labute approximate surface area is 479 Å². The van der Waals surface area contributed by atoms with Gasteiger partial charge in [0.15, 0.2) is 36.3 Å². The van der Waals surface area contributed by atoms with Crippen LogP contribution in [-0.4, -0.2) is 292 Å². The second kappa shape index (κ2) is 39.6. The van der Waals surface area contributed by atoms with Crippen LogP contribution in [0.15, 0.2) is 33.7 Å². The summed E-state index contributed by atoms with van der Waals surface area (Å²) in [5, 5.41) is 66.3. The second-order valence-corrected chi connectivity index (χ2v) is 18.1. The van der Waals surface area contributed by atoms with Crippen molar-refractivity contribution >= 4 is 53.8 Å². The van der Waals surface area contributed by atoms with E-state index in [9.17, 15) is 64.2 Å². The first-order valence-corrected chi connectivity index (χ1v) is 26.7. The Morgan fingerprint density at radius 2 is 0.892 bits per heavy atom. The number of amides is 5. The predicted molar refractivity (Wildman–Crippen MR) is 289 cm³/mol. The van der Waals surface area contributed by atoms with E-state index in [4.69, 9.17) is 70.3 Å². The van der Waals surface area contributed by atoms with Crippen LogP contribution in [0, 0.1) is 0 Å². The molecule has 0 unspecified atom stereocenters. The second-order valence-electron chi connectivity index (χ2n) is 18.1. The molecular weight excluding hydrogens is 1110 g/mol. The number of aliphatic hydroxyl groups is 4. The Bertz CT molecular complexity index is 2030. The topological polar surface area (TPSA) is 496 Å². The minimum atomic E-state index is -1.86. The average molecular weight is 1200 g/mol. The molecule has 2 aliphatic rings. The van der Waals surface area contributed by atoms with Gasteiger partial charge < -0.3 is 126 Å². The molecule has 0 spiro atoms. The number of nitrogens with two attached hydrogens (primary N) is 4. The van der Waals surface area contributed by atoms with Crippen molar-refractivity contribution in [3.63, 3.8) is 0 Å². The lowest BCUT2D eigenvalue weighted by Gasteiger charge is -2.40. The number of nitrogens with one attached hydrogen (secondary N) is 2. The minimum absolute atomic E-state index is 0.0173. The van der Waals surface area contributed by atoms with Crippen LogP contribution >= 0.6 is 0 Å². The van der Waals surface area contributed by atoms with E-state index in [1.54, 1.807) is 13.8 Å². The molecule has 0 bridgehead atoms. The van der Waals surface area contributed by atoms with Crippen molar-refractivity contribution in [3.05, 3.63) is 23.7 Å². The Morgan fingerprint density at radius 3 is 1.20 bits per heavy atom. The minimum Gasteiger partial charge on any atom is -0.477 e. The fourth-order valence-corrected chi connectivity index (χ4v) is 8.06. The highest BCUT2D eigenvalue weighted by atomic mass is 16.6. The van der Waals surface area contributed by atoms with Gasteiger partial charge >= 0.3 is 24.1 Å². The molecule has 16 N–H and O–H groups in total. The predicted octanol–water partition coefficient (Wildman–Crippen LogP) is -5.29. The van der Waals surface area contributed by atoms with E-state index in [1.807, 2.05) is 6.92 Å². The number of carbonyl (C=O) groups excluding carboxylic acids is 5. The molecule has 0 saturated heterocycles. The third-order valence-electron chi connectivity index (χ3n) is 12.1. The number of aliphatic carboxylic acids is 2. The average Bonchev–Trinajstić information content (AvgIpc) is 3.63. The maximum Gasteiger partial charge on any atom is 0.410 e. The third kappa shape index (κ3) is 26.5. The van der Waals surface area contributed by atoms with Gasteiger partial charge in [-0.2, -0.15) is 0 Å². The zero-order valence-corrected chi connectivity index (χ0v) is 47.4. The van der Waals surface area contributed by atoms with Crippen LogP contribution in [0.4, 0.5) is 9.59 Å². The van der Waals surface area contributed by atoms with E-state index in [0.717, 1.165) is 35.8 Å². The summed E-state index contributed by atoms with van der Waals surface area (Å²) in [6.07, 6.45) is -10.7. The number of likely N-dealkylation sites (N-methyl/N-ethyl adjacent to an activating group) is 2. The van der Waals surface area contributed by atoms with Gasteiger partial charge in [-0.15, -0.1) is 0 Å². The van der Waals surface area contributed by atoms with E-state index in [2.05, 4.69) is 20.6 Å².